The van der Waals surface area contributed by atoms with Crippen molar-refractivity contribution >= 4 is 12.1 Å². The van der Waals surface area contributed by atoms with Crippen LogP contribution in [0.3, 0.4) is 0 Å². The maximum Gasteiger partial charge on any atom is 0.407 e. The average Bonchev–Trinajstić information content (AvgIpc) is 2.50. The minimum atomic E-state index is -1.07. The van der Waals surface area contributed by atoms with Crippen LogP contribution in [0.5, 0.6) is 0 Å². The molecule has 6 heteroatoms. The lowest BCUT2D eigenvalue weighted by Crippen LogP contribution is -2.46. The normalized spacial score (nSPS) is 14.0. The SMILES string of the molecule is COC(=O)/C=C/[C@@H](O)[C@@H](Cc1ccccc1)NC(=O)OC(C)(C)C. The van der Waals surface area contributed by atoms with Crippen molar-refractivity contribution in [2.45, 2.75) is 44.9 Å². The van der Waals surface area contributed by atoms with Crippen molar-refractivity contribution in [2.75, 3.05) is 7.11 Å². The molecule has 0 spiro atoms. The molecule has 0 aliphatic heterocycles. The second kappa shape index (κ2) is 9.08. The molecule has 132 valence electrons. The standard InChI is InChI=1S/C18H25NO5/c1-18(2,3)24-17(22)19-14(12-13-8-6-5-7-9-13)15(20)10-11-16(21)23-4/h5-11,14-15,20H,12H2,1-4H3,(H,19,22)/b11-10+/t14-,15-/m1/s1. The van der Waals surface area contributed by atoms with Gasteiger partial charge in [0.2, 0.25) is 0 Å². The number of hydrogen-bond donors (Lipinski definition) is 2. The van der Waals surface area contributed by atoms with Gasteiger partial charge in [0.05, 0.1) is 19.3 Å². The first kappa shape index (κ1) is 19.7. The minimum Gasteiger partial charge on any atom is -0.466 e. The summed E-state index contributed by atoms with van der Waals surface area (Å²) >= 11 is 0. The monoisotopic (exact) mass is 335 g/mol. The van der Waals surface area contributed by atoms with Crippen molar-refractivity contribution in [3.8, 4) is 0 Å². The van der Waals surface area contributed by atoms with Crippen LogP contribution in [-0.4, -0.2) is 42.0 Å². The maximum atomic E-state index is 12.0. The summed E-state index contributed by atoms with van der Waals surface area (Å²) in [4.78, 5) is 23.2. The highest BCUT2D eigenvalue weighted by atomic mass is 16.6. The van der Waals surface area contributed by atoms with Gasteiger partial charge in [-0.1, -0.05) is 30.3 Å². The first-order chi connectivity index (χ1) is 11.2. The van der Waals surface area contributed by atoms with Crippen LogP contribution in [-0.2, 0) is 20.7 Å². The highest BCUT2D eigenvalue weighted by Crippen LogP contribution is 2.11. The van der Waals surface area contributed by atoms with Crippen molar-refractivity contribution in [3.05, 3.63) is 48.0 Å². The fraction of sp³-hybridized carbons (Fsp3) is 0.444. The number of esters is 1. The quantitative estimate of drug-likeness (QED) is 0.615. The number of rotatable bonds is 6. The zero-order valence-corrected chi connectivity index (χ0v) is 14.5. The summed E-state index contributed by atoms with van der Waals surface area (Å²) in [5, 5.41) is 12.9. The van der Waals surface area contributed by atoms with Crippen molar-refractivity contribution in [1.29, 1.82) is 0 Å². The molecule has 0 aliphatic rings. The average molecular weight is 335 g/mol. The Morgan fingerprint density at radius 3 is 2.42 bits per heavy atom. The van der Waals surface area contributed by atoms with Gasteiger partial charge < -0.3 is 19.9 Å². The van der Waals surface area contributed by atoms with E-state index in [4.69, 9.17) is 4.74 Å². The van der Waals surface area contributed by atoms with Crippen LogP contribution in [0.2, 0.25) is 0 Å². The van der Waals surface area contributed by atoms with Gasteiger partial charge in [0.15, 0.2) is 0 Å². The molecule has 0 saturated carbocycles. The third-order valence-electron chi connectivity index (χ3n) is 3.04. The van der Waals surface area contributed by atoms with Gasteiger partial charge in [-0.25, -0.2) is 9.59 Å². The number of benzene rings is 1. The van der Waals surface area contributed by atoms with Crippen LogP contribution in [0.15, 0.2) is 42.5 Å². The van der Waals surface area contributed by atoms with Crippen molar-refractivity contribution in [3.63, 3.8) is 0 Å². The van der Waals surface area contributed by atoms with Gasteiger partial charge in [0.1, 0.15) is 5.60 Å². The molecular formula is C18H25NO5. The molecule has 24 heavy (non-hydrogen) atoms. The molecule has 1 aromatic rings. The third kappa shape index (κ3) is 7.78. The summed E-state index contributed by atoms with van der Waals surface area (Å²) in [6.45, 7) is 5.27. The lowest BCUT2D eigenvalue weighted by atomic mass is 10.0. The molecule has 1 rings (SSSR count). The number of aliphatic hydroxyl groups excluding tert-OH is 1. The molecule has 6 nitrogen and oxygen atoms in total. The van der Waals surface area contributed by atoms with E-state index in [0.29, 0.717) is 6.42 Å². The zero-order valence-electron chi connectivity index (χ0n) is 14.5. The van der Waals surface area contributed by atoms with Crippen molar-refractivity contribution < 1.29 is 24.2 Å². The Morgan fingerprint density at radius 1 is 1.25 bits per heavy atom. The number of amides is 1. The molecule has 0 aromatic heterocycles. The number of carbonyl (C=O) groups excluding carboxylic acids is 2. The van der Waals surface area contributed by atoms with Gasteiger partial charge >= 0.3 is 12.1 Å². The molecular weight excluding hydrogens is 310 g/mol. The number of alkyl carbamates (subject to hydrolysis) is 1. The molecule has 0 radical (unpaired) electrons. The van der Waals surface area contributed by atoms with Crippen LogP contribution in [0.1, 0.15) is 26.3 Å². The number of ether oxygens (including phenoxy) is 2. The topological polar surface area (TPSA) is 84.9 Å². The van der Waals surface area contributed by atoms with Crippen LogP contribution >= 0.6 is 0 Å². The third-order valence-corrected chi connectivity index (χ3v) is 3.04. The molecule has 0 unspecified atom stereocenters. The minimum absolute atomic E-state index is 0.382. The molecule has 0 saturated heterocycles. The maximum absolute atomic E-state index is 12.0. The number of carbonyl (C=O) groups is 2. The molecule has 1 aromatic carbocycles. The van der Waals surface area contributed by atoms with Gasteiger partial charge in [-0.05, 0) is 38.8 Å². The lowest BCUT2D eigenvalue weighted by molar-refractivity contribution is -0.134. The van der Waals surface area contributed by atoms with E-state index in [9.17, 15) is 14.7 Å². The van der Waals surface area contributed by atoms with Crippen LogP contribution in [0.4, 0.5) is 4.79 Å². The molecule has 0 fully saturated rings. The van der Waals surface area contributed by atoms with E-state index in [1.54, 1.807) is 20.8 Å². The Balaban J connectivity index is 2.84. The van der Waals surface area contributed by atoms with Gasteiger partial charge in [0.25, 0.3) is 0 Å². The summed E-state index contributed by atoms with van der Waals surface area (Å²) in [5.74, 6) is -0.579. The van der Waals surface area contributed by atoms with Crippen LogP contribution < -0.4 is 5.32 Å². The van der Waals surface area contributed by atoms with Crippen molar-refractivity contribution in [2.24, 2.45) is 0 Å². The Hall–Kier alpha value is -2.34. The van der Waals surface area contributed by atoms with Gasteiger partial charge in [-0.15, -0.1) is 0 Å². The molecule has 0 aliphatic carbocycles. The highest BCUT2D eigenvalue weighted by molar-refractivity contribution is 5.81. The zero-order chi connectivity index (χ0) is 18.2. The van der Waals surface area contributed by atoms with E-state index in [2.05, 4.69) is 10.1 Å². The number of methoxy groups -OCH3 is 1. The Labute approximate surface area is 142 Å². The second-order valence-electron chi connectivity index (χ2n) is 6.32. The summed E-state index contributed by atoms with van der Waals surface area (Å²) in [7, 11) is 1.25. The number of nitrogens with one attached hydrogen (secondary N) is 1. The molecule has 0 heterocycles. The predicted octanol–water partition coefficient (Wildman–Crippen LogP) is 2.21. The van der Waals surface area contributed by atoms with Gasteiger partial charge in [-0.3, -0.25) is 0 Å². The molecule has 2 atom stereocenters. The van der Waals surface area contributed by atoms with E-state index in [0.717, 1.165) is 11.6 Å². The van der Waals surface area contributed by atoms with E-state index < -0.39 is 29.8 Å². The van der Waals surface area contributed by atoms with E-state index in [1.807, 2.05) is 30.3 Å². The Kier molecular flexibility index (Phi) is 7.45. The second-order valence-corrected chi connectivity index (χ2v) is 6.32. The Morgan fingerprint density at radius 2 is 1.88 bits per heavy atom. The van der Waals surface area contributed by atoms with E-state index in [-0.39, 0.29) is 0 Å². The molecule has 0 bridgehead atoms. The number of aliphatic hydroxyl groups is 1. The summed E-state index contributed by atoms with van der Waals surface area (Å²) < 4.78 is 9.72. The lowest BCUT2D eigenvalue weighted by Gasteiger charge is -2.25. The van der Waals surface area contributed by atoms with Crippen LogP contribution in [0.25, 0.3) is 0 Å². The van der Waals surface area contributed by atoms with Crippen LogP contribution in [0, 0.1) is 0 Å². The largest absolute Gasteiger partial charge is 0.466 e. The summed E-state index contributed by atoms with van der Waals surface area (Å²) in [6, 6.07) is 8.75. The molecule has 2 N–H and O–H groups in total. The fourth-order valence-corrected chi connectivity index (χ4v) is 1.96. The smallest absolute Gasteiger partial charge is 0.407 e. The van der Waals surface area contributed by atoms with E-state index >= 15 is 0 Å². The van der Waals surface area contributed by atoms with Gasteiger partial charge in [-0.2, -0.15) is 0 Å². The first-order valence-corrected chi connectivity index (χ1v) is 7.69. The molecule has 1 amide bonds. The fourth-order valence-electron chi connectivity index (χ4n) is 1.96. The number of hydrogen-bond acceptors (Lipinski definition) is 5. The van der Waals surface area contributed by atoms with Crippen molar-refractivity contribution in [1.82, 2.24) is 5.32 Å². The summed E-state index contributed by atoms with van der Waals surface area (Å²) in [5.41, 5.74) is 0.290. The first-order valence-electron chi connectivity index (χ1n) is 7.69. The Bertz CT molecular complexity index is 563. The predicted molar refractivity (Wildman–Crippen MR) is 90.5 cm³/mol. The van der Waals surface area contributed by atoms with Gasteiger partial charge in [0, 0.05) is 6.08 Å². The summed E-state index contributed by atoms with van der Waals surface area (Å²) in [6.07, 6.45) is 1.09. The van der Waals surface area contributed by atoms with E-state index in [1.165, 1.54) is 13.2 Å². The highest BCUT2D eigenvalue weighted by Gasteiger charge is 2.23.